The minimum absolute atomic E-state index is 0.156. The minimum Gasteiger partial charge on any atom is -0.483 e. The molecule has 1 unspecified atom stereocenters. The molecule has 2 aliphatic rings. The first kappa shape index (κ1) is 17.7. The van der Waals surface area contributed by atoms with Crippen LogP contribution in [0.15, 0.2) is 11.0 Å². The van der Waals surface area contributed by atoms with Gasteiger partial charge in [-0.05, 0) is 26.3 Å². The number of hydrogen-bond donors (Lipinski definition) is 2. The maximum atomic E-state index is 15.3. The van der Waals surface area contributed by atoms with E-state index < -0.39 is 51.5 Å². The molecule has 2 heterocycles. The lowest BCUT2D eigenvalue weighted by Gasteiger charge is -2.19. The van der Waals surface area contributed by atoms with Crippen LogP contribution < -0.4 is 15.9 Å². The Kier molecular flexibility index (Phi) is 4.06. The number of pyridine rings is 1. The number of nitrogens with zero attached hydrogens (tertiary/aromatic N) is 2. The van der Waals surface area contributed by atoms with Gasteiger partial charge in [-0.25, -0.2) is 13.6 Å². The van der Waals surface area contributed by atoms with Gasteiger partial charge in [-0.2, -0.15) is 0 Å². The molecule has 2 aromatic rings. The highest BCUT2D eigenvalue weighted by molar-refractivity contribution is 5.98. The molecule has 1 saturated heterocycles. The molecule has 1 aromatic heterocycles. The number of halogens is 2. The summed E-state index contributed by atoms with van der Waals surface area (Å²) in [6.45, 7) is 1.26. The number of carboxylic acids is 1. The normalized spacial score (nSPS) is 20.3. The Bertz CT molecular complexity index is 1020. The molecular formula is C18H19F2N3O4. The summed E-state index contributed by atoms with van der Waals surface area (Å²) in [5.41, 5.74) is 3.45. The van der Waals surface area contributed by atoms with Gasteiger partial charge in [-0.3, -0.25) is 4.79 Å². The van der Waals surface area contributed by atoms with E-state index in [1.54, 1.807) is 0 Å². The lowest BCUT2D eigenvalue weighted by Crippen LogP contribution is -2.24. The van der Waals surface area contributed by atoms with E-state index in [2.05, 4.69) is 0 Å². The van der Waals surface area contributed by atoms with Crippen LogP contribution in [-0.2, 0) is 0 Å². The Hall–Kier alpha value is -2.68. The number of benzene rings is 1. The van der Waals surface area contributed by atoms with E-state index in [-0.39, 0.29) is 11.6 Å². The van der Waals surface area contributed by atoms with E-state index in [0.29, 0.717) is 25.8 Å². The zero-order valence-corrected chi connectivity index (χ0v) is 14.7. The molecule has 3 N–H and O–H groups in total. The zero-order valence-electron chi connectivity index (χ0n) is 14.7. The Balaban J connectivity index is 1.97. The molecule has 0 bridgehead atoms. The van der Waals surface area contributed by atoms with Crippen molar-refractivity contribution in [3.63, 3.8) is 0 Å². The van der Waals surface area contributed by atoms with Gasteiger partial charge in [0.2, 0.25) is 5.43 Å². The van der Waals surface area contributed by atoms with Crippen molar-refractivity contribution in [2.45, 2.75) is 31.4 Å². The first-order valence-electron chi connectivity index (χ1n) is 8.73. The van der Waals surface area contributed by atoms with Crippen LogP contribution in [0.4, 0.5) is 14.5 Å². The number of nitrogen functional groups attached to an aromatic ring is 1. The fourth-order valence-corrected chi connectivity index (χ4v) is 3.60. The van der Waals surface area contributed by atoms with Gasteiger partial charge >= 0.3 is 5.97 Å². The number of fused-ring (bicyclic) bond motifs is 1. The summed E-state index contributed by atoms with van der Waals surface area (Å²) < 4.78 is 37.0. The standard InChI is InChI=1S/C18H19F2N3O4/c1-22-5-4-9(6-22)27-17-12(19)14(21)11-15(13(17)20)23(8-2-3-8)7-10(16(11)24)18(25)26/h7-9H,2-6,21H2,1H3,(H,25,26). The Labute approximate surface area is 152 Å². The summed E-state index contributed by atoms with van der Waals surface area (Å²) in [4.78, 5) is 25.9. The number of aromatic nitrogens is 1. The van der Waals surface area contributed by atoms with Crippen molar-refractivity contribution in [3.8, 4) is 5.75 Å². The average Bonchev–Trinajstić information content (AvgIpc) is 3.38. The summed E-state index contributed by atoms with van der Waals surface area (Å²) in [5.74, 6) is -4.27. The zero-order chi connectivity index (χ0) is 19.5. The van der Waals surface area contributed by atoms with Crippen LogP contribution in [0.1, 0.15) is 35.7 Å². The van der Waals surface area contributed by atoms with E-state index in [1.165, 1.54) is 4.57 Å². The van der Waals surface area contributed by atoms with Crippen molar-refractivity contribution in [2.75, 3.05) is 25.9 Å². The monoisotopic (exact) mass is 379 g/mol. The average molecular weight is 379 g/mol. The van der Waals surface area contributed by atoms with Crippen LogP contribution >= 0.6 is 0 Å². The van der Waals surface area contributed by atoms with Gasteiger partial charge in [-0.15, -0.1) is 0 Å². The minimum atomic E-state index is -1.47. The number of likely N-dealkylation sites (tertiary alicyclic amines) is 1. The quantitative estimate of drug-likeness (QED) is 0.789. The van der Waals surface area contributed by atoms with Gasteiger partial charge in [0.25, 0.3) is 0 Å². The van der Waals surface area contributed by atoms with Crippen LogP contribution in [0.25, 0.3) is 10.9 Å². The van der Waals surface area contributed by atoms with Gasteiger partial charge < -0.3 is 25.0 Å². The first-order valence-corrected chi connectivity index (χ1v) is 8.73. The number of hydrogen-bond acceptors (Lipinski definition) is 5. The molecule has 144 valence electrons. The highest BCUT2D eigenvalue weighted by Gasteiger charge is 2.33. The molecule has 1 aliphatic carbocycles. The van der Waals surface area contributed by atoms with Gasteiger partial charge in [0, 0.05) is 25.3 Å². The molecule has 1 atom stereocenters. The third kappa shape index (κ3) is 2.82. The van der Waals surface area contributed by atoms with Gasteiger partial charge in [0.05, 0.1) is 16.6 Å². The van der Waals surface area contributed by atoms with Crippen LogP contribution in [0.2, 0.25) is 0 Å². The van der Waals surface area contributed by atoms with Crippen LogP contribution in [-0.4, -0.2) is 46.8 Å². The summed E-state index contributed by atoms with van der Waals surface area (Å²) in [6.07, 6.45) is 2.74. The fourth-order valence-electron chi connectivity index (χ4n) is 3.60. The number of nitrogens with two attached hydrogens (primary N) is 1. The molecule has 2 fully saturated rings. The van der Waals surface area contributed by atoms with Crippen molar-refractivity contribution in [1.29, 1.82) is 0 Å². The topological polar surface area (TPSA) is 97.8 Å². The van der Waals surface area contributed by atoms with Crippen molar-refractivity contribution < 1.29 is 23.4 Å². The second-order valence-electron chi connectivity index (χ2n) is 7.20. The number of rotatable bonds is 4. The number of ether oxygens (including phenoxy) is 1. The number of anilines is 1. The van der Waals surface area contributed by atoms with Crippen molar-refractivity contribution in [3.05, 3.63) is 33.6 Å². The van der Waals surface area contributed by atoms with Crippen LogP contribution in [0.3, 0.4) is 0 Å². The van der Waals surface area contributed by atoms with Crippen LogP contribution in [0, 0.1) is 11.6 Å². The number of carbonyl (C=O) groups is 1. The highest BCUT2D eigenvalue weighted by atomic mass is 19.1. The van der Waals surface area contributed by atoms with E-state index >= 15 is 4.39 Å². The highest BCUT2D eigenvalue weighted by Crippen LogP contribution is 2.41. The largest absolute Gasteiger partial charge is 0.483 e. The molecule has 4 rings (SSSR count). The molecule has 9 heteroatoms. The smallest absolute Gasteiger partial charge is 0.341 e. The van der Waals surface area contributed by atoms with Crippen molar-refractivity contribution >= 4 is 22.6 Å². The third-order valence-electron chi connectivity index (χ3n) is 5.15. The molecule has 0 amide bonds. The predicted octanol–water partition coefficient (Wildman–Crippen LogP) is 1.98. The molecule has 1 saturated carbocycles. The second-order valence-corrected chi connectivity index (χ2v) is 7.20. The SMILES string of the molecule is CN1CCC(Oc2c(F)c(N)c3c(=O)c(C(=O)O)cn(C4CC4)c3c2F)C1. The summed E-state index contributed by atoms with van der Waals surface area (Å²) in [7, 11) is 1.88. The molecule has 1 aliphatic heterocycles. The Morgan fingerprint density at radius 2 is 2.00 bits per heavy atom. The third-order valence-corrected chi connectivity index (χ3v) is 5.15. The first-order chi connectivity index (χ1) is 12.8. The predicted molar refractivity (Wildman–Crippen MR) is 94.3 cm³/mol. The van der Waals surface area contributed by atoms with Gasteiger partial charge in [0.1, 0.15) is 11.7 Å². The lowest BCUT2D eigenvalue weighted by atomic mass is 10.1. The lowest BCUT2D eigenvalue weighted by molar-refractivity contribution is 0.0695. The van der Waals surface area contributed by atoms with E-state index in [0.717, 1.165) is 12.7 Å². The summed E-state index contributed by atoms with van der Waals surface area (Å²) >= 11 is 0. The summed E-state index contributed by atoms with van der Waals surface area (Å²) in [5, 5.41) is 8.83. The van der Waals surface area contributed by atoms with Gasteiger partial charge in [-0.1, -0.05) is 0 Å². The Morgan fingerprint density at radius 1 is 1.30 bits per heavy atom. The molecule has 0 radical (unpaired) electrons. The number of carboxylic acid groups (broad SMARTS) is 1. The molecule has 0 spiro atoms. The van der Waals surface area contributed by atoms with Crippen molar-refractivity contribution in [2.24, 2.45) is 0 Å². The van der Waals surface area contributed by atoms with Gasteiger partial charge in [0.15, 0.2) is 17.4 Å². The fraction of sp³-hybridized carbons (Fsp3) is 0.444. The van der Waals surface area contributed by atoms with E-state index in [4.69, 9.17) is 10.5 Å². The van der Waals surface area contributed by atoms with E-state index in [9.17, 15) is 19.1 Å². The molecule has 27 heavy (non-hydrogen) atoms. The van der Waals surface area contributed by atoms with Crippen LogP contribution in [0.5, 0.6) is 5.75 Å². The number of likely N-dealkylation sites (N-methyl/N-ethyl adjacent to an activating group) is 1. The maximum absolute atomic E-state index is 15.3. The number of aromatic carboxylic acids is 1. The summed E-state index contributed by atoms with van der Waals surface area (Å²) in [6, 6.07) is -0.156. The molecular weight excluding hydrogens is 360 g/mol. The molecule has 7 nitrogen and oxygen atoms in total. The second kappa shape index (κ2) is 6.19. The Morgan fingerprint density at radius 3 is 2.56 bits per heavy atom. The van der Waals surface area contributed by atoms with Crippen molar-refractivity contribution in [1.82, 2.24) is 9.47 Å². The van der Waals surface area contributed by atoms with E-state index in [1.807, 2.05) is 11.9 Å². The molecule has 1 aromatic carbocycles. The maximum Gasteiger partial charge on any atom is 0.341 e.